The third kappa shape index (κ3) is 2.78. The highest BCUT2D eigenvalue weighted by Gasteiger charge is 2.13. The second-order valence-electron chi connectivity index (χ2n) is 3.20. The maximum atomic E-state index is 11.9. The van der Waals surface area contributed by atoms with Crippen molar-refractivity contribution < 1.29 is 4.79 Å². The number of halogens is 1. The van der Waals surface area contributed by atoms with Gasteiger partial charge in [-0.2, -0.15) is 5.21 Å². The molecule has 94 valence electrons. The molecule has 0 fully saturated rings. The number of carbonyl (C=O) groups excluding carboxylic acids is 1. The highest BCUT2D eigenvalue weighted by atomic mass is 79.9. The molecule has 0 spiro atoms. The summed E-state index contributed by atoms with van der Waals surface area (Å²) in [4.78, 5) is 15.9. The van der Waals surface area contributed by atoms with Gasteiger partial charge in [0.1, 0.15) is 0 Å². The lowest BCUT2D eigenvalue weighted by molar-refractivity contribution is 0.0950. The van der Waals surface area contributed by atoms with E-state index in [2.05, 4.69) is 52.3 Å². The average molecular weight is 313 g/mol. The predicted molar refractivity (Wildman–Crippen MR) is 65.1 cm³/mol. The molecule has 0 radical (unpaired) electrons. The number of nitrogen functional groups attached to an aromatic ring is 1. The van der Waals surface area contributed by atoms with Crippen LogP contribution in [0, 0.1) is 0 Å². The second-order valence-corrected chi connectivity index (χ2v) is 4.12. The Bertz CT molecular complexity index is 542. The Labute approximate surface area is 110 Å². The zero-order valence-electron chi connectivity index (χ0n) is 9.01. The van der Waals surface area contributed by atoms with Gasteiger partial charge < -0.3 is 10.7 Å². The van der Waals surface area contributed by atoms with Crippen molar-refractivity contribution in [2.24, 2.45) is 5.84 Å². The minimum absolute atomic E-state index is 0.159. The van der Waals surface area contributed by atoms with E-state index in [0.29, 0.717) is 15.9 Å². The minimum atomic E-state index is -0.346. The molecule has 2 heterocycles. The maximum Gasteiger partial charge on any atom is 0.255 e. The van der Waals surface area contributed by atoms with Gasteiger partial charge in [-0.1, -0.05) is 5.21 Å². The summed E-state index contributed by atoms with van der Waals surface area (Å²) < 4.78 is 0.672. The summed E-state index contributed by atoms with van der Waals surface area (Å²) in [7, 11) is 0. The molecule has 2 aromatic heterocycles. The molecule has 1 amide bonds. The summed E-state index contributed by atoms with van der Waals surface area (Å²) >= 11 is 3.23. The largest absolute Gasteiger partial charge is 0.344 e. The summed E-state index contributed by atoms with van der Waals surface area (Å²) in [6, 6.07) is 1.60. The zero-order valence-corrected chi connectivity index (χ0v) is 10.6. The first kappa shape index (κ1) is 12.4. The first-order valence-corrected chi connectivity index (χ1v) is 5.62. The van der Waals surface area contributed by atoms with Crippen LogP contribution in [0.5, 0.6) is 0 Å². The summed E-state index contributed by atoms with van der Waals surface area (Å²) in [5.41, 5.74) is 2.67. The van der Waals surface area contributed by atoms with Crippen LogP contribution in [0.3, 0.4) is 0 Å². The Hall–Kier alpha value is -2.07. The number of nitrogens with zero attached hydrogens (tertiary/aromatic N) is 4. The van der Waals surface area contributed by atoms with Crippen molar-refractivity contribution in [1.82, 2.24) is 30.9 Å². The predicted octanol–water partition coefficient (Wildman–Crippen LogP) is -0.427. The van der Waals surface area contributed by atoms with Gasteiger partial charge in [0.05, 0.1) is 12.1 Å². The van der Waals surface area contributed by atoms with E-state index in [4.69, 9.17) is 5.84 Å². The topological polar surface area (TPSA) is 134 Å². The lowest BCUT2D eigenvalue weighted by Gasteiger charge is -2.07. The molecule has 9 nitrogen and oxygen atoms in total. The molecule has 0 aliphatic heterocycles. The highest BCUT2D eigenvalue weighted by molar-refractivity contribution is 9.10. The number of rotatable bonds is 4. The molecule has 0 saturated carbocycles. The standard InChI is InChI=1S/C8H9BrN8O/c9-4-1-5(7(13-10)11-2-4)8(18)12-3-6-14-16-17-15-6/h1-2H,3,10H2,(H,11,13)(H,12,18)(H,14,15,16,17). The van der Waals surface area contributed by atoms with Crippen molar-refractivity contribution in [3.8, 4) is 0 Å². The minimum Gasteiger partial charge on any atom is -0.344 e. The lowest BCUT2D eigenvalue weighted by Crippen LogP contribution is -2.25. The van der Waals surface area contributed by atoms with E-state index in [9.17, 15) is 4.79 Å². The van der Waals surface area contributed by atoms with Crippen LogP contribution in [-0.4, -0.2) is 31.5 Å². The number of carbonyl (C=O) groups is 1. The van der Waals surface area contributed by atoms with E-state index in [1.165, 1.54) is 6.20 Å². The fourth-order valence-electron chi connectivity index (χ4n) is 1.24. The van der Waals surface area contributed by atoms with Gasteiger partial charge in [-0.25, -0.2) is 10.8 Å². The third-order valence-corrected chi connectivity index (χ3v) is 2.47. The van der Waals surface area contributed by atoms with E-state index >= 15 is 0 Å². The van der Waals surface area contributed by atoms with Gasteiger partial charge in [-0.15, -0.1) is 10.2 Å². The Morgan fingerprint density at radius 1 is 1.56 bits per heavy atom. The summed E-state index contributed by atoms with van der Waals surface area (Å²) in [6.07, 6.45) is 1.53. The molecule has 2 aromatic rings. The Morgan fingerprint density at radius 2 is 2.39 bits per heavy atom. The molecule has 0 atom stereocenters. The zero-order chi connectivity index (χ0) is 13.0. The fraction of sp³-hybridized carbons (Fsp3) is 0.125. The molecule has 0 aliphatic carbocycles. The van der Waals surface area contributed by atoms with Crippen LogP contribution in [0.15, 0.2) is 16.7 Å². The van der Waals surface area contributed by atoms with Crippen LogP contribution in [0.1, 0.15) is 16.2 Å². The molecule has 0 unspecified atom stereocenters. The number of nitrogens with two attached hydrogens (primary N) is 1. The number of tetrazole rings is 1. The van der Waals surface area contributed by atoms with Gasteiger partial charge in [0.15, 0.2) is 11.6 Å². The van der Waals surface area contributed by atoms with Gasteiger partial charge in [0.25, 0.3) is 5.91 Å². The molecule has 0 bridgehead atoms. The van der Waals surface area contributed by atoms with Crippen LogP contribution in [-0.2, 0) is 6.54 Å². The molecule has 0 saturated heterocycles. The van der Waals surface area contributed by atoms with Crippen molar-refractivity contribution >= 4 is 27.7 Å². The number of aromatic amines is 1. The van der Waals surface area contributed by atoms with E-state index in [1.807, 2.05) is 0 Å². The summed E-state index contributed by atoms with van der Waals surface area (Å²) in [6.45, 7) is 0.159. The van der Waals surface area contributed by atoms with Crippen LogP contribution < -0.4 is 16.6 Å². The third-order valence-electron chi connectivity index (χ3n) is 2.03. The molecular formula is C8H9BrN8O. The Kier molecular flexibility index (Phi) is 3.79. The Morgan fingerprint density at radius 3 is 3.06 bits per heavy atom. The number of nitrogens with one attached hydrogen (secondary N) is 3. The smallest absolute Gasteiger partial charge is 0.255 e. The van der Waals surface area contributed by atoms with Crippen LogP contribution in [0.4, 0.5) is 5.82 Å². The van der Waals surface area contributed by atoms with Crippen molar-refractivity contribution in [2.45, 2.75) is 6.54 Å². The van der Waals surface area contributed by atoms with Crippen molar-refractivity contribution in [1.29, 1.82) is 0 Å². The number of hydrogen-bond acceptors (Lipinski definition) is 7. The first-order valence-electron chi connectivity index (χ1n) is 4.83. The average Bonchev–Trinajstić information content (AvgIpc) is 2.89. The van der Waals surface area contributed by atoms with E-state index < -0.39 is 0 Å². The molecule has 0 aliphatic rings. The van der Waals surface area contributed by atoms with Crippen molar-refractivity contribution in [3.63, 3.8) is 0 Å². The number of amides is 1. The van der Waals surface area contributed by atoms with Gasteiger partial charge >= 0.3 is 0 Å². The van der Waals surface area contributed by atoms with Crippen LogP contribution in [0.2, 0.25) is 0 Å². The summed E-state index contributed by atoms with van der Waals surface area (Å²) in [5.74, 6) is 5.60. The SMILES string of the molecule is NNc1ncc(Br)cc1C(=O)NCc1nn[nH]n1. The Balaban J connectivity index is 2.10. The number of pyridine rings is 1. The molecule has 10 heteroatoms. The van der Waals surface area contributed by atoms with E-state index in [1.54, 1.807) is 6.07 Å². The fourth-order valence-corrected chi connectivity index (χ4v) is 1.57. The second kappa shape index (κ2) is 5.51. The van der Waals surface area contributed by atoms with Crippen LogP contribution >= 0.6 is 15.9 Å². The number of hydrogen-bond donors (Lipinski definition) is 4. The van der Waals surface area contributed by atoms with E-state index in [0.717, 1.165) is 0 Å². The molecule has 2 rings (SSSR count). The van der Waals surface area contributed by atoms with Crippen LogP contribution in [0.25, 0.3) is 0 Å². The number of hydrazine groups is 1. The van der Waals surface area contributed by atoms with Gasteiger partial charge in [0, 0.05) is 10.7 Å². The number of H-pyrrole nitrogens is 1. The maximum absolute atomic E-state index is 11.9. The van der Waals surface area contributed by atoms with Gasteiger partial charge in [-0.05, 0) is 22.0 Å². The molecule has 0 aromatic carbocycles. The van der Waals surface area contributed by atoms with E-state index in [-0.39, 0.29) is 18.3 Å². The molecular weight excluding hydrogens is 304 g/mol. The quantitative estimate of drug-likeness (QED) is 0.444. The molecule has 18 heavy (non-hydrogen) atoms. The van der Waals surface area contributed by atoms with Gasteiger partial charge in [-0.3, -0.25) is 4.79 Å². The lowest BCUT2D eigenvalue weighted by atomic mass is 10.2. The first-order chi connectivity index (χ1) is 8.70. The van der Waals surface area contributed by atoms with Gasteiger partial charge in [0.2, 0.25) is 0 Å². The summed E-state index contributed by atoms with van der Waals surface area (Å²) in [5, 5.41) is 15.7. The van der Waals surface area contributed by atoms with Crippen molar-refractivity contribution in [3.05, 3.63) is 28.1 Å². The molecule has 5 N–H and O–H groups in total. The number of anilines is 1. The number of aromatic nitrogens is 5. The monoisotopic (exact) mass is 312 g/mol. The normalized spacial score (nSPS) is 10.1. The van der Waals surface area contributed by atoms with Crippen molar-refractivity contribution in [2.75, 3.05) is 5.43 Å². The highest BCUT2D eigenvalue weighted by Crippen LogP contribution is 2.17.